The van der Waals surface area contributed by atoms with Gasteiger partial charge in [0.05, 0.1) is 18.1 Å². The highest BCUT2D eigenvalue weighted by atomic mass is 19.4. The molecule has 2 aromatic heterocycles. The quantitative estimate of drug-likeness (QED) is 0.624. The number of nitrogens with one attached hydrogen (secondary N) is 2. The Morgan fingerprint density at radius 1 is 1.16 bits per heavy atom. The molecule has 0 atom stereocenters. The molecule has 1 saturated heterocycles. The number of aromatic nitrogens is 4. The number of nitrogens with zero attached hydrogens (tertiary/aromatic N) is 5. The first-order chi connectivity index (χ1) is 15.3. The molecule has 3 aromatic rings. The number of hydrogen-bond acceptors (Lipinski definition) is 5. The Bertz CT molecular complexity index is 1090. The Kier molecular flexibility index (Phi) is 6.26. The lowest BCUT2D eigenvalue weighted by Gasteiger charge is -2.32. The number of piperidine rings is 1. The number of amides is 2. The smallest absolute Gasteiger partial charge is 0.324 e. The third-order valence-corrected chi connectivity index (χ3v) is 5.48. The molecule has 0 saturated carbocycles. The molecular weight excluding hydrogens is 423 g/mol. The van der Waals surface area contributed by atoms with E-state index in [4.69, 9.17) is 0 Å². The highest BCUT2D eigenvalue weighted by Crippen LogP contribution is 2.24. The Morgan fingerprint density at radius 3 is 2.62 bits per heavy atom. The van der Waals surface area contributed by atoms with Crippen LogP contribution in [0.1, 0.15) is 19.3 Å². The van der Waals surface area contributed by atoms with Crippen LogP contribution in [0, 0.1) is 0 Å². The maximum Gasteiger partial charge on any atom is 0.390 e. The molecule has 2 amide bonds. The number of aryl methyl sites for hydroxylation is 1. The highest BCUT2D eigenvalue weighted by Gasteiger charge is 2.28. The molecule has 2 N–H and O–H groups in total. The van der Waals surface area contributed by atoms with Crippen LogP contribution in [-0.4, -0.2) is 62.8 Å². The van der Waals surface area contributed by atoms with Gasteiger partial charge in [-0.1, -0.05) is 6.07 Å². The van der Waals surface area contributed by atoms with Crippen molar-refractivity contribution in [2.75, 3.05) is 25.0 Å². The van der Waals surface area contributed by atoms with E-state index in [0.717, 1.165) is 16.5 Å². The minimum absolute atomic E-state index is 0.0206. The first kappa shape index (κ1) is 22.0. The van der Waals surface area contributed by atoms with Crippen molar-refractivity contribution < 1.29 is 18.0 Å². The zero-order valence-electron chi connectivity index (χ0n) is 17.6. The largest absolute Gasteiger partial charge is 0.390 e. The van der Waals surface area contributed by atoms with E-state index in [1.807, 2.05) is 31.4 Å². The molecule has 0 spiro atoms. The topological polar surface area (TPSA) is 88.0 Å². The average molecular weight is 447 g/mol. The molecule has 0 aliphatic carbocycles. The van der Waals surface area contributed by atoms with E-state index >= 15 is 0 Å². The average Bonchev–Trinajstić information content (AvgIpc) is 3.19. The maximum absolute atomic E-state index is 12.6. The van der Waals surface area contributed by atoms with Gasteiger partial charge in [0, 0.05) is 49.9 Å². The Hall–Kier alpha value is -3.21. The molecule has 1 fully saturated rings. The molecule has 1 aromatic carbocycles. The van der Waals surface area contributed by atoms with Crippen molar-refractivity contribution >= 4 is 22.8 Å². The Balaban J connectivity index is 1.34. The Labute approximate surface area is 182 Å². The summed E-state index contributed by atoms with van der Waals surface area (Å²) in [6, 6.07) is 7.23. The molecule has 11 heteroatoms. The van der Waals surface area contributed by atoms with Gasteiger partial charge in [0.1, 0.15) is 0 Å². The lowest BCUT2D eigenvalue weighted by molar-refractivity contribution is -0.133. The van der Waals surface area contributed by atoms with Gasteiger partial charge in [0.25, 0.3) is 0 Å². The van der Waals surface area contributed by atoms with Crippen LogP contribution in [0.25, 0.3) is 22.0 Å². The summed E-state index contributed by atoms with van der Waals surface area (Å²) in [5.41, 5.74) is 2.67. The molecule has 1 aliphatic rings. The summed E-state index contributed by atoms with van der Waals surface area (Å²) in [7, 11) is 1.85. The van der Waals surface area contributed by atoms with E-state index in [9.17, 15) is 18.0 Å². The molecule has 170 valence electrons. The van der Waals surface area contributed by atoms with Crippen molar-refractivity contribution in [3.8, 4) is 11.1 Å². The molecule has 3 heterocycles. The molecule has 0 radical (unpaired) electrons. The minimum atomic E-state index is -4.16. The number of alkyl halides is 3. The third kappa shape index (κ3) is 5.52. The highest BCUT2D eigenvalue weighted by molar-refractivity contribution is 5.91. The van der Waals surface area contributed by atoms with Crippen LogP contribution in [0.4, 0.5) is 23.8 Å². The van der Waals surface area contributed by atoms with Crippen molar-refractivity contribution in [3.63, 3.8) is 0 Å². The predicted octanol–water partition coefficient (Wildman–Crippen LogP) is 3.57. The number of carbonyl (C=O) groups is 1. The summed E-state index contributed by atoms with van der Waals surface area (Å²) < 4.78 is 38.6. The first-order valence-electron chi connectivity index (χ1n) is 10.4. The first-order valence-corrected chi connectivity index (χ1v) is 10.4. The predicted molar refractivity (Wildman–Crippen MR) is 114 cm³/mol. The van der Waals surface area contributed by atoms with Crippen molar-refractivity contribution in [3.05, 3.63) is 36.7 Å². The second-order valence-electron chi connectivity index (χ2n) is 7.92. The van der Waals surface area contributed by atoms with Crippen LogP contribution >= 0.6 is 0 Å². The van der Waals surface area contributed by atoms with Crippen molar-refractivity contribution in [2.24, 2.45) is 7.05 Å². The normalized spacial score (nSPS) is 15.3. The number of benzene rings is 1. The van der Waals surface area contributed by atoms with E-state index < -0.39 is 12.6 Å². The molecular formula is C21H24F3N7O. The zero-order valence-corrected chi connectivity index (χ0v) is 17.6. The number of likely N-dealkylation sites (tertiary alicyclic amines) is 1. The maximum atomic E-state index is 12.6. The second kappa shape index (κ2) is 9.11. The number of anilines is 1. The van der Waals surface area contributed by atoms with Gasteiger partial charge in [0.2, 0.25) is 0 Å². The van der Waals surface area contributed by atoms with Crippen molar-refractivity contribution in [2.45, 2.75) is 31.5 Å². The van der Waals surface area contributed by atoms with Gasteiger partial charge >= 0.3 is 12.2 Å². The Morgan fingerprint density at radius 2 is 1.94 bits per heavy atom. The van der Waals surface area contributed by atoms with Gasteiger partial charge in [-0.3, -0.25) is 10.00 Å². The van der Waals surface area contributed by atoms with Crippen LogP contribution in [0.15, 0.2) is 36.7 Å². The number of fused-ring (bicyclic) bond motifs is 1. The molecule has 0 unspecified atom stereocenters. The van der Waals surface area contributed by atoms with E-state index in [2.05, 4.69) is 25.9 Å². The van der Waals surface area contributed by atoms with E-state index in [1.54, 1.807) is 21.8 Å². The number of carbonyl (C=O) groups excluding carboxylic acids is 1. The van der Waals surface area contributed by atoms with E-state index in [-0.39, 0.29) is 18.6 Å². The molecule has 32 heavy (non-hydrogen) atoms. The molecule has 1 aliphatic heterocycles. The van der Waals surface area contributed by atoms with Gasteiger partial charge in [-0.25, -0.2) is 4.79 Å². The summed E-state index contributed by atoms with van der Waals surface area (Å²) in [4.78, 5) is 14.3. The van der Waals surface area contributed by atoms with Gasteiger partial charge in [0.15, 0.2) is 5.82 Å². The monoisotopic (exact) mass is 447 g/mol. The van der Waals surface area contributed by atoms with E-state index in [0.29, 0.717) is 37.3 Å². The van der Waals surface area contributed by atoms with Crippen LogP contribution in [-0.2, 0) is 7.05 Å². The second-order valence-corrected chi connectivity index (χ2v) is 7.92. The van der Waals surface area contributed by atoms with Crippen molar-refractivity contribution in [1.29, 1.82) is 0 Å². The lowest BCUT2D eigenvalue weighted by Crippen LogP contribution is -2.46. The van der Waals surface area contributed by atoms with Crippen LogP contribution in [0.3, 0.4) is 0 Å². The molecule has 0 bridgehead atoms. The minimum Gasteiger partial charge on any atom is -0.324 e. The van der Waals surface area contributed by atoms with Gasteiger partial charge in [-0.15, -0.1) is 10.2 Å². The fourth-order valence-corrected chi connectivity index (χ4v) is 3.75. The van der Waals surface area contributed by atoms with Crippen LogP contribution < -0.4 is 10.6 Å². The van der Waals surface area contributed by atoms with Crippen molar-refractivity contribution in [1.82, 2.24) is 30.2 Å². The summed E-state index contributed by atoms with van der Waals surface area (Å²) in [6.45, 7) is 0.817. The standard InChI is InChI=1S/C21H24F3N7O/c1-30-13-16(12-26-30)14-2-3-18-15(10-14)11-19(29-28-18)27-20(32)31-8-4-17(5-9-31)25-7-6-21(22,23)24/h2-3,10-13,17,25H,4-9H2,1H3,(H,27,29,32). The summed E-state index contributed by atoms with van der Waals surface area (Å²) in [5, 5.41) is 19.0. The third-order valence-electron chi connectivity index (χ3n) is 5.48. The summed E-state index contributed by atoms with van der Waals surface area (Å²) in [6.07, 6.45) is -0.115. The number of urea groups is 1. The fourth-order valence-electron chi connectivity index (χ4n) is 3.75. The molecule has 4 rings (SSSR count). The zero-order chi connectivity index (χ0) is 22.7. The van der Waals surface area contributed by atoms with Crippen LogP contribution in [0.5, 0.6) is 0 Å². The molecule has 8 nitrogen and oxygen atoms in total. The fraction of sp³-hybridized carbons (Fsp3) is 0.429. The number of hydrogen-bond donors (Lipinski definition) is 2. The van der Waals surface area contributed by atoms with Gasteiger partial charge < -0.3 is 10.2 Å². The lowest BCUT2D eigenvalue weighted by atomic mass is 10.1. The van der Waals surface area contributed by atoms with Gasteiger partial charge in [-0.2, -0.15) is 18.3 Å². The van der Waals surface area contributed by atoms with E-state index in [1.165, 1.54) is 0 Å². The SMILES string of the molecule is Cn1cc(-c2ccc3nnc(NC(=O)N4CCC(NCCC(F)(F)F)CC4)cc3c2)cn1. The van der Waals surface area contributed by atoms with Crippen LogP contribution in [0.2, 0.25) is 0 Å². The summed E-state index contributed by atoms with van der Waals surface area (Å²) >= 11 is 0. The van der Waals surface area contributed by atoms with Gasteiger partial charge in [-0.05, 0) is 36.6 Å². The number of halogens is 3. The number of rotatable bonds is 5. The summed E-state index contributed by atoms with van der Waals surface area (Å²) in [5.74, 6) is 0.344.